The van der Waals surface area contributed by atoms with Crippen LogP contribution in [0.1, 0.15) is 19.3 Å². The fraction of sp³-hybridized carbons (Fsp3) is 0.667. The molecule has 1 saturated carbocycles. The first-order valence-electron chi connectivity index (χ1n) is 5.59. The second-order valence-corrected chi connectivity index (χ2v) is 4.10. The summed E-state index contributed by atoms with van der Waals surface area (Å²) in [5.74, 6) is -0.811. The first kappa shape index (κ1) is 12.3. The Labute approximate surface area is 103 Å². The zero-order valence-corrected chi connectivity index (χ0v) is 9.91. The molecular formula is C9H14N6O3. The van der Waals surface area contributed by atoms with E-state index in [0.717, 1.165) is 12.8 Å². The lowest BCUT2D eigenvalue weighted by Crippen LogP contribution is -2.38. The van der Waals surface area contributed by atoms with E-state index in [1.54, 1.807) is 7.05 Å². The molecule has 1 aromatic rings. The molecule has 18 heavy (non-hydrogen) atoms. The molecule has 0 spiro atoms. The number of carbonyl (C=O) groups is 2. The van der Waals surface area contributed by atoms with Crippen LogP contribution < -0.4 is 5.32 Å². The van der Waals surface area contributed by atoms with Gasteiger partial charge in [-0.2, -0.15) is 4.80 Å². The summed E-state index contributed by atoms with van der Waals surface area (Å²) in [6.45, 7) is 0.187. The zero-order chi connectivity index (χ0) is 13.1. The highest BCUT2D eigenvalue weighted by atomic mass is 16.4. The van der Waals surface area contributed by atoms with Gasteiger partial charge in [-0.25, -0.2) is 4.79 Å². The van der Waals surface area contributed by atoms with Crippen molar-refractivity contribution in [2.75, 3.05) is 11.9 Å². The minimum Gasteiger partial charge on any atom is -0.481 e. The van der Waals surface area contributed by atoms with Gasteiger partial charge in [0.05, 0.1) is 13.5 Å². The molecule has 1 aliphatic rings. The molecule has 2 N–H and O–H groups in total. The Morgan fingerprint density at radius 3 is 2.78 bits per heavy atom. The van der Waals surface area contributed by atoms with Gasteiger partial charge in [-0.1, -0.05) is 5.10 Å². The lowest BCUT2D eigenvalue weighted by atomic mass is 10.4. The number of urea groups is 1. The summed E-state index contributed by atoms with van der Waals surface area (Å²) in [5, 5.41) is 22.2. The number of hydrogen-bond donors (Lipinski definition) is 2. The van der Waals surface area contributed by atoms with Gasteiger partial charge in [0.1, 0.15) is 0 Å². The maximum Gasteiger partial charge on any atom is 0.324 e. The molecule has 9 heteroatoms. The summed E-state index contributed by atoms with van der Waals surface area (Å²) in [4.78, 5) is 25.2. The third kappa shape index (κ3) is 3.15. The maximum absolute atomic E-state index is 11.9. The predicted octanol–water partition coefficient (Wildman–Crippen LogP) is -0.319. The third-order valence-corrected chi connectivity index (χ3v) is 2.54. The van der Waals surface area contributed by atoms with Crippen LogP contribution in [0.5, 0.6) is 0 Å². The zero-order valence-electron chi connectivity index (χ0n) is 9.91. The number of carboxylic acid groups (broad SMARTS) is 1. The van der Waals surface area contributed by atoms with E-state index in [1.807, 2.05) is 0 Å². The number of amides is 2. The summed E-state index contributed by atoms with van der Waals surface area (Å²) in [6.07, 6.45) is 1.74. The van der Waals surface area contributed by atoms with Gasteiger partial charge in [-0.15, -0.1) is 5.10 Å². The van der Waals surface area contributed by atoms with Crippen LogP contribution in [0.4, 0.5) is 10.7 Å². The highest BCUT2D eigenvalue weighted by Crippen LogP contribution is 2.27. The van der Waals surface area contributed by atoms with E-state index in [2.05, 4.69) is 20.7 Å². The van der Waals surface area contributed by atoms with Crippen molar-refractivity contribution >= 4 is 17.9 Å². The first-order chi connectivity index (χ1) is 8.56. The van der Waals surface area contributed by atoms with E-state index in [-0.39, 0.29) is 31.0 Å². The molecule has 0 aliphatic heterocycles. The van der Waals surface area contributed by atoms with Crippen LogP contribution in [0.15, 0.2) is 0 Å². The lowest BCUT2D eigenvalue weighted by molar-refractivity contribution is -0.137. The third-order valence-electron chi connectivity index (χ3n) is 2.54. The van der Waals surface area contributed by atoms with E-state index in [0.29, 0.717) is 0 Å². The largest absolute Gasteiger partial charge is 0.481 e. The number of aliphatic carboxylic acids is 1. The summed E-state index contributed by atoms with van der Waals surface area (Å²) in [6, 6.07) is -0.257. The fourth-order valence-electron chi connectivity index (χ4n) is 1.55. The van der Waals surface area contributed by atoms with Crippen molar-refractivity contribution < 1.29 is 14.7 Å². The average molecular weight is 254 g/mol. The van der Waals surface area contributed by atoms with Gasteiger partial charge in [-0.3, -0.25) is 10.1 Å². The number of aryl methyl sites for hydroxylation is 1. The van der Waals surface area contributed by atoms with Crippen molar-refractivity contribution in [3.63, 3.8) is 0 Å². The molecule has 0 bridgehead atoms. The van der Waals surface area contributed by atoms with Gasteiger partial charge in [0.25, 0.3) is 5.95 Å². The average Bonchev–Trinajstić information content (AvgIpc) is 3.03. The highest BCUT2D eigenvalue weighted by molar-refractivity contribution is 5.88. The van der Waals surface area contributed by atoms with Crippen LogP contribution in [-0.2, 0) is 11.8 Å². The van der Waals surface area contributed by atoms with Gasteiger partial charge in [0.15, 0.2) is 0 Å². The van der Waals surface area contributed by atoms with Gasteiger partial charge < -0.3 is 10.0 Å². The number of carbonyl (C=O) groups excluding carboxylic acids is 1. The first-order valence-corrected chi connectivity index (χ1v) is 5.59. The Hall–Kier alpha value is -2.19. The fourth-order valence-corrected chi connectivity index (χ4v) is 1.55. The molecule has 1 aliphatic carbocycles. The number of nitrogens with zero attached hydrogens (tertiary/aromatic N) is 5. The normalized spacial score (nSPS) is 14.3. The minimum atomic E-state index is -0.925. The second-order valence-electron chi connectivity index (χ2n) is 4.10. The van der Waals surface area contributed by atoms with Crippen molar-refractivity contribution in [1.29, 1.82) is 0 Å². The van der Waals surface area contributed by atoms with Crippen LogP contribution in [0.2, 0.25) is 0 Å². The quantitative estimate of drug-likeness (QED) is 0.744. The van der Waals surface area contributed by atoms with E-state index in [4.69, 9.17) is 5.11 Å². The van der Waals surface area contributed by atoms with Crippen LogP contribution in [0.3, 0.4) is 0 Å². The predicted molar refractivity (Wildman–Crippen MR) is 59.8 cm³/mol. The molecular weight excluding hydrogens is 240 g/mol. The Bertz CT molecular complexity index is 455. The van der Waals surface area contributed by atoms with Crippen LogP contribution >= 0.6 is 0 Å². The second kappa shape index (κ2) is 4.98. The van der Waals surface area contributed by atoms with Crippen molar-refractivity contribution in [1.82, 2.24) is 25.1 Å². The van der Waals surface area contributed by atoms with Crippen molar-refractivity contribution in [2.24, 2.45) is 7.05 Å². The Balaban J connectivity index is 1.93. The molecule has 98 valence electrons. The smallest absolute Gasteiger partial charge is 0.324 e. The summed E-state index contributed by atoms with van der Waals surface area (Å²) < 4.78 is 0. The molecule has 0 saturated heterocycles. The van der Waals surface area contributed by atoms with Gasteiger partial charge in [0.2, 0.25) is 0 Å². The summed E-state index contributed by atoms with van der Waals surface area (Å²) in [5.41, 5.74) is 0. The van der Waals surface area contributed by atoms with Gasteiger partial charge in [-0.05, 0) is 18.1 Å². The SMILES string of the molecule is Cn1nnc(NC(=O)N(CCC(=O)O)C2CC2)n1. The number of rotatable bonds is 5. The Morgan fingerprint density at radius 2 is 2.28 bits per heavy atom. The molecule has 0 unspecified atom stereocenters. The molecule has 0 radical (unpaired) electrons. The number of tetrazole rings is 1. The van der Waals surface area contributed by atoms with Crippen molar-refractivity contribution in [3.8, 4) is 0 Å². The number of carboxylic acids is 1. The molecule has 9 nitrogen and oxygen atoms in total. The molecule has 2 rings (SSSR count). The van der Waals surface area contributed by atoms with Crippen molar-refractivity contribution in [3.05, 3.63) is 0 Å². The summed E-state index contributed by atoms with van der Waals surface area (Å²) in [7, 11) is 1.59. The molecule has 1 fully saturated rings. The van der Waals surface area contributed by atoms with Crippen molar-refractivity contribution in [2.45, 2.75) is 25.3 Å². The van der Waals surface area contributed by atoms with Crippen LogP contribution in [-0.4, -0.2) is 54.8 Å². The van der Waals surface area contributed by atoms with E-state index in [9.17, 15) is 9.59 Å². The number of aromatic nitrogens is 4. The van der Waals surface area contributed by atoms with Gasteiger partial charge >= 0.3 is 12.0 Å². The van der Waals surface area contributed by atoms with E-state index >= 15 is 0 Å². The number of hydrogen-bond acceptors (Lipinski definition) is 5. The molecule has 0 aromatic carbocycles. The molecule has 1 aromatic heterocycles. The molecule has 0 atom stereocenters. The maximum atomic E-state index is 11.9. The van der Waals surface area contributed by atoms with Crippen LogP contribution in [0.25, 0.3) is 0 Å². The molecule has 1 heterocycles. The van der Waals surface area contributed by atoms with E-state index in [1.165, 1.54) is 9.70 Å². The Morgan fingerprint density at radius 1 is 1.56 bits per heavy atom. The lowest BCUT2D eigenvalue weighted by Gasteiger charge is -2.20. The standard InChI is InChI=1S/C9H14N6O3/c1-14-12-8(11-13-14)10-9(18)15(6-2-3-6)5-4-7(16)17/h6H,2-5H2,1H3,(H,16,17)(H,10,12,18). The minimum absolute atomic E-state index is 0.0716. The number of anilines is 1. The number of nitrogens with one attached hydrogen (secondary N) is 1. The van der Waals surface area contributed by atoms with E-state index < -0.39 is 5.97 Å². The van der Waals surface area contributed by atoms with Crippen LogP contribution in [0, 0.1) is 0 Å². The van der Waals surface area contributed by atoms with Gasteiger partial charge in [0, 0.05) is 12.6 Å². The molecule has 2 amide bonds. The topological polar surface area (TPSA) is 113 Å². The summed E-state index contributed by atoms with van der Waals surface area (Å²) >= 11 is 0. The monoisotopic (exact) mass is 254 g/mol. The Kier molecular flexibility index (Phi) is 3.40. The highest BCUT2D eigenvalue weighted by Gasteiger charge is 2.33.